The highest BCUT2D eigenvalue weighted by Crippen LogP contribution is 2.24. The lowest BCUT2D eigenvalue weighted by molar-refractivity contribution is 0.245. The molecule has 2 rings (SSSR count). The average molecular weight is 292 g/mol. The van der Waals surface area contributed by atoms with Gasteiger partial charge in [-0.25, -0.2) is 4.79 Å². The third-order valence-electron chi connectivity index (χ3n) is 2.62. The van der Waals surface area contributed by atoms with Crippen LogP contribution in [0.1, 0.15) is 24.7 Å². The van der Waals surface area contributed by atoms with E-state index in [4.69, 9.17) is 4.52 Å². The molecule has 0 fully saturated rings. The molecule has 2 amide bonds. The van der Waals surface area contributed by atoms with Crippen molar-refractivity contribution in [2.24, 2.45) is 0 Å². The summed E-state index contributed by atoms with van der Waals surface area (Å²) in [5.74, 6) is 0.928. The summed E-state index contributed by atoms with van der Waals surface area (Å²) in [6.07, 6.45) is 1.96. The molecule has 106 valence electrons. The fourth-order valence-electron chi connectivity index (χ4n) is 1.65. The Morgan fingerprint density at radius 3 is 2.80 bits per heavy atom. The molecule has 1 aromatic heterocycles. The molecule has 0 aliphatic heterocycles. The number of carbonyl (C=O) groups excluding carboxylic acids is 1. The Balaban J connectivity index is 1.98. The van der Waals surface area contributed by atoms with Crippen LogP contribution < -0.4 is 10.6 Å². The quantitative estimate of drug-likeness (QED) is 0.847. The minimum absolute atomic E-state index is 0.310. The van der Waals surface area contributed by atoms with Crippen molar-refractivity contribution in [3.8, 4) is 0 Å². The largest absolute Gasteiger partial charge is 0.337 e. The van der Waals surface area contributed by atoms with Crippen LogP contribution in [-0.4, -0.2) is 22.4 Å². The number of carbonyl (C=O) groups is 1. The number of thioether (sulfide) groups is 1. The molecule has 0 radical (unpaired) electrons. The Hall–Kier alpha value is -2.02. The number of urea groups is 1. The van der Waals surface area contributed by atoms with Crippen molar-refractivity contribution < 1.29 is 9.32 Å². The zero-order valence-corrected chi connectivity index (χ0v) is 12.3. The van der Waals surface area contributed by atoms with Crippen LogP contribution in [0.5, 0.6) is 0 Å². The van der Waals surface area contributed by atoms with Gasteiger partial charge in [-0.3, -0.25) is 0 Å². The van der Waals surface area contributed by atoms with Gasteiger partial charge in [-0.15, -0.1) is 11.8 Å². The van der Waals surface area contributed by atoms with Crippen LogP contribution in [0.4, 0.5) is 10.5 Å². The number of aryl methyl sites for hydroxylation is 1. The Bertz CT molecular complexity index is 600. The van der Waals surface area contributed by atoms with Gasteiger partial charge in [0.15, 0.2) is 5.82 Å². The summed E-state index contributed by atoms with van der Waals surface area (Å²) in [6, 6.07) is 6.95. The zero-order valence-electron chi connectivity index (χ0n) is 11.5. The molecule has 7 heteroatoms. The molecule has 6 nitrogen and oxygen atoms in total. The van der Waals surface area contributed by atoms with Crippen molar-refractivity contribution in [1.29, 1.82) is 0 Å². The molecule has 0 unspecified atom stereocenters. The third-order valence-corrected chi connectivity index (χ3v) is 3.41. The number of anilines is 1. The topological polar surface area (TPSA) is 80.0 Å². The second-order valence-corrected chi connectivity index (χ2v) is 5.05. The fraction of sp³-hybridized carbons (Fsp3) is 0.308. The maximum Gasteiger partial charge on any atom is 0.319 e. The molecule has 2 aromatic rings. The van der Waals surface area contributed by atoms with E-state index < -0.39 is 0 Å². The van der Waals surface area contributed by atoms with E-state index in [9.17, 15) is 4.79 Å². The first kappa shape index (κ1) is 14.4. The first-order valence-corrected chi connectivity index (χ1v) is 7.33. The molecule has 1 atom stereocenters. The molecule has 20 heavy (non-hydrogen) atoms. The predicted molar refractivity (Wildman–Crippen MR) is 77.8 cm³/mol. The van der Waals surface area contributed by atoms with Crippen LogP contribution in [0, 0.1) is 6.92 Å². The van der Waals surface area contributed by atoms with Crippen molar-refractivity contribution in [3.05, 3.63) is 36.0 Å². The van der Waals surface area contributed by atoms with Gasteiger partial charge in [-0.1, -0.05) is 17.3 Å². The predicted octanol–water partition coefficient (Wildman–Crippen LogP) is 2.98. The molecule has 0 aliphatic rings. The van der Waals surface area contributed by atoms with Crippen molar-refractivity contribution in [2.45, 2.75) is 24.8 Å². The van der Waals surface area contributed by atoms with Gasteiger partial charge in [0.1, 0.15) is 6.04 Å². The lowest BCUT2D eigenvalue weighted by Gasteiger charge is -2.13. The summed E-state index contributed by atoms with van der Waals surface area (Å²) in [6.45, 7) is 3.52. The second kappa shape index (κ2) is 6.42. The third kappa shape index (κ3) is 3.51. The van der Waals surface area contributed by atoms with Crippen LogP contribution in [0.2, 0.25) is 0 Å². The number of rotatable bonds is 4. The molecule has 0 aliphatic carbocycles. The van der Waals surface area contributed by atoms with Crippen molar-refractivity contribution in [1.82, 2.24) is 15.5 Å². The Morgan fingerprint density at radius 1 is 1.40 bits per heavy atom. The van der Waals surface area contributed by atoms with Gasteiger partial charge in [-0.05, 0) is 32.2 Å². The van der Waals surface area contributed by atoms with Gasteiger partial charge in [0.25, 0.3) is 0 Å². The number of para-hydroxylation sites is 1. The monoisotopic (exact) mass is 292 g/mol. The first-order chi connectivity index (χ1) is 9.60. The first-order valence-electron chi connectivity index (χ1n) is 6.11. The molecule has 0 saturated carbocycles. The van der Waals surface area contributed by atoms with Crippen molar-refractivity contribution in [2.75, 3.05) is 11.6 Å². The Morgan fingerprint density at radius 2 is 2.15 bits per heavy atom. The summed E-state index contributed by atoms with van der Waals surface area (Å²) in [5.41, 5.74) is 0.770. The molecule has 1 heterocycles. The number of amides is 2. The molecular weight excluding hydrogens is 276 g/mol. The highest BCUT2D eigenvalue weighted by molar-refractivity contribution is 7.98. The lowest BCUT2D eigenvalue weighted by Crippen LogP contribution is -2.31. The normalized spacial score (nSPS) is 11.9. The van der Waals surface area contributed by atoms with Crippen LogP contribution in [-0.2, 0) is 0 Å². The standard InChI is InChI=1S/C13H16N4O2S/c1-8(12-15-9(2)17-19-12)14-13(18)16-10-6-4-5-7-11(10)20-3/h4-8H,1-3H3,(H2,14,16,18)/t8-/m1/s1. The van der Waals surface area contributed by atoms with E-state index in [1.165, 1.54) is 0 Å². The zero-order chi connectivity index (χ0) is 14.5. The molecule has 2 N–H and O–H groups in total. The minimum atomic E-state index is -0.349. The number of nitrogens with zero attached hydrogens (tertiary/aromatic N) is 2. The van der Waals surface area contributed by atoms with Gasteiger partial charge >= 0.3 is 6.03 Å². The van der Waals surface area contributed by atoms with Gasteiger partial charge in [0.2, 0.25) is 5.89 Å². The van der Waals surface area contributed by atoms with Crippen LogP contribution >= 0.6 is 11.8 Å². The van der Waals surface area contributed by atoms with Gasteiger partial charge < -0.3 is 15.2 Å². The minimum Gasteiger partial charge on any atom is -0.337 e. The molecule has 1 aromatic carbocycles. The maximum atomic E-state index is 11.9. The van der Waals surface area contributed by atoms with Crippen molar-refractivity contribution >= 4 is 23.5 Å². The van der Waals surface area contributed by atoms with Gasteiger partial charge in [0.05, 0.1) is 5.69 Å². The summed E-state index contributed by atoms with van der Waals surface area (Å²) in [4.78, 5) is 17.0. The van der Waals surface area contributed by atoms with E-state index >= 15 is 0 Å². The highest BCUT2D eigenvalue weighted by Gasteiger charge is 2.16. The summed E-state index contributed by atoms with van der Waals surface area (Å²) >= 11 is 1.57. The van der Waals surface area contributed by atoms with E-state index in [0.29, 0.717) is 11.7 Å². The number of nitrogens with one attached hydrogen (secondary N) is 2. The van der Waals surface area contributed by atoms with Crippen LogP contribution in [0.25, 0.3) is 0 Å². The van der Waals surface area contributed by atoms with E-state index in [-0.39, 0.29) is 12.1 Å². The molecule has 0 saturated heterocycles. The fourth-order valence-corrected chi connectivity index (χ4v) is 2.21. The van der Waals surface area contributed by atoms with Crippen LogP contribution in [0.15, 0.2) is 33.7 Å². The summed E-state index contributed by atoms with van der Waals surface area (Å²) < 4.78 is 5.01. The van der Waals surface area contributed by atoms with E-state index in [1.54, 1.807) is 25.6 Å². The lowest BCUT2D eigenvalue weighted by atomic mass is 10.3. The molecule has 0 spiro atoms. The molecule has 0 bridgehead atoms. The van der Waals surface area contributed by atoms with Crippen molar-refractivity contribution in [3.63, 3.8) is 0 Å². The Labute approximate surface area is 121 Å². The summed E-state index contributed by atoms with van der Waals surface area (Å²) in [7, 11) is 0. The van der Waals surface area contributed by atoms with E-state index in [2.05, 4.69) is 20.8 Å². The van der Waals surface area contributed by atoms with E-state index in [1.807, 2.05) is 30.5 Å². The van der Waals surface area contributed by atoms with Crippen LogP contribution in [0.3, 0.4) is 0 Å². The smallest absolute Gasteiger partial charge is 0.319 e. The molecular formula is C13H16N4O2S. The second-order valence-electron chi connectivity index (χ2n) is 4.20. The number of benzene rings is 1. The SMILES string of the molecule is CSc1ccccc1NC(=O)N[C@H](C)c1nc(C)no1. The number of hydrogen-bond acceptors (Lipinski definition) is 5. The highest BCUT2D eigenvalue weighted by atomic mass is 32.2. The summed E-state index contributed by atoms with van der Waals surface area (Å²) in [5, 5.41) is 9.26. The van der Waals surface area contributed by atoms with Gasteiger partial charge in [-0.2, -0.15) is 4.98 Å². The number of aromatic nitrogens is 2. The van der Waals surface area contributed by atoms with Gasteiger partial charge in [0, 0.05) is 4.90 Å². The average Bonchev–Trinajstić information content (AvgIpc) is 2.86. The Kier molecular flexibility index (Phi) is 4.62. The number of hydrogen-bond donors (Lipinski definition) is 2. The maximum absolute atomic E-state index is 11.9. The van der Waals surface area contributed by atoms with E-state index in [0.717, 1.165) is 10.6 Å².